The molecule has 3 rings (SSSR count). The summed E-state index contributed by atoms with van der Waals surface area (Å²) in [5.74, 6) is 0.315. The molecule has 6 heteroatoms. The van der Waals surface area contributed by atoms with Crippen molar-refractivity contribution < 1.29 is 19.4 Å². The second-order valence-electron chi connectivity index (χ2n) is 6.38. The van der Waals surface area contributed by atoms with Gasteiger partial charge in [-0.3, -0.25) is 5.43 Å². The first kappa shape index (κ1) is 19.9. The number of ether oxygens (including phenoxy) is 2. The second kappa shape index (κ2) is 9.41. The fraction of sp³-hybridized carbons (Fsp3) is 0.130. The number of anilines is 1. The van der Waals surface area contributed by atoms with Gasteiger partial charge in [-0.15, -0.1) is 0 Å². The van der Waals surface area contributed by atoms with E-state index in [4.69, 9.17) is 14.6 Å². The lowest BCUT2D eigenvalue weighted by molar-refractivity contribution is 0.0697. The maximum absolute atomic E-state index is 10.9. The Morgan fingerprint density at radius 3 is 2.52 bits per heavy atom. The second-order valence-corrected chi connectivity index (χ2v) is 6.38. The molecule has 0 saturated carbocycles. The van der Waals surface area contributed by atoms with Crippen LogP contribution in [-0.4, -0.2) is 24.4 Å². The summed E-state index contributed by atoms with van der Waals surface area (Å²) >= 11 is 0. The molecule has 0 radical (unpaired) electrons. The van der Waals surface area contributed by atoms with Gasteiger partial charge in [0.1, 0.15) is 6.61 Å². The van der Waals surface area contributed by atoms with Gasteiger partial charge in [0, 0.05) is 0 Å². The van der Waals surface area contributed by atoms with Crippen molar-refractivity contribution in [2.75, 3.05) is 12.5 Å². The van der Waals surface area contributed by atoms with Gasteiger partial charge in [-0.25, -0.2) is 4.79 Å². The highest BCUT2D eigenvalue weighted by atomic mass is 16.5. The lowest BCUT2D eigenvalue weighted by atomic mass is 10.1. The predicted octanol–water partition coefficient (Wildman–Crippen LogP) is 4.73. The number of nitrogens with zero attached hydrogens (tertiary/aromatic N) is 1. The molecule has 0 bridgehead atoms. The fourth-order valence-corrected chi connectivity index (χ4v) is 2.68. The molecular formula is C23H22N2O4. The quantitative estimate of drug-likeness (QED) is 0.429. The Hall–Kier alpha value is -3.80. The summed E-state index contributed by atoms with van der Waals surface area (Å²) in [7, 11) is 1.60. The van der Waals surface area contributed by atoms with Crippen molar-refractivity contribution in [2.45, 2.75) is 13.5 Å². The van der Waals surface area contributed by atoms with Crippen molar-refractivity contribution in [1.29, 1.82) is 0 Å². The Kier molecular flexibility index (Phi) is 6.47. The molecule has 3 aromatic carbocycles. The van der Waals surface area contributed by atoms with Crippen LogP contribution in [0.5, 0.6) is 11.5 Å². The summed E-state index contributed by atoms with van der Waals surface area (Å²) in [5, 5.41) is 13.1. The van der Waals surface area contributed by atoms with Crippen LogP contribution in [0.25, 0.3) is 0 Å². The number of methoxy groups -OCH3 is 1. The minimum atomic E-state index is -0.961. The third-order valence-corrected chi connectivity index (χ3v) is 4.37. The van der Waals surface area contributed by atoms with E-state index in [0.717, 1.165) is 11.1 Å². The van der Waals surface area contributed by atoms with E-state index < -0.39 is 5.97 Å². The van der Waals surface area contributed by atoms with Gasteiger partial charge in [-0.2, -0.15) is 5.10 Å². The predicted molar refractivity (Wildman–Crippen MR) is 113 cm³/mol. The monoisotopic (exact) mass is 390 g/mol. The molecule has 29 heavy (non-hydrogen) atoms. The molecule has 6 nitrogen and oxygen atoms in total. The maximum atomic E-state index is 10.9. The number of hydrazone groups is 1. The highest BCUT2D eigenvalue weighted by Gasteiger charge is 2.07. The molecule has 2 N–H and O–H groups in total. The molecule has 0 unspecified atom stereocenters. The van der Waals surface area contributed by atoms with Crippen molar-refractivity contribution in [3.05, 3.63) is 89.0 Å². The van der Waals surface area contributed by atoms with E-state index >= 15 is 0 Å². The zero-order valence-corrected chi connectivity index (χ0v) is 16.3. The molecule has 148 valence electrons. The summed E-state index contributed by atoms with van der Waals surface area (Å²) in [6.45, 7) is 2.52. The molecule has 0 heterocycles. The van der Waals surface area contributed by atoms with E-state index in [-0.39, 0.29) is 5.56 Å². The van der Waals surface area contributed by atoms with Gasteiger partial charge < -0.3 is 14.6 Å². The van der Waals surface area contributed by atoms with Crippen molar-refractivity contribution in [1.82, 2.24) is 0 Å². The largest absolute Gasteiger partial charge is 0.493 e. The Balaban J connectivity index is 1.64. The van der Waals surface area contributed by atoms with E-state index in [9.17, 15) is 4.79 Å². The van der Waals surface area contributed by atoms with Gasteiger partial charge in [0.25, 0.3) is 0 Å². The average Bonchev–Trinajstić information content (AvgIpc) is 2.74. The van der Waals surface area contributed by atoms with Crippen LogP contribution in [0.4, 0.5) is 5.69 Å². The van der Waals surface area contributed by atoms with Crippen LogP contribution < -0.4 is 14.9 Å². The molecule has 0 atom stereocenters. The zero-order valence-electron chi connectivity index (χ0n) is 16.3. The van der Waals surface area contributed by atoms with Crippen molar-refractivity contribution in [3.63, 3.8) is 0 Å². The molecule has 0 aromatic heterocycles. The molecular weight excluding hydrogens is 368 g/mol. The number of aromatic carboxylic acids is 1. The molecule has 0 spiro atoms. The number of aryl methyl sites for hydroxylation is 1. The van der Waals surface area contributed by atoms with E-state index in [0.29, 0.717) is 23.8 Å². The normalized spacial score (nSPS) is 10.7. The van der Waals surface area contributed by atoms with E-state index in [2.05, 4.69) is 23.5 Å². The summed E-state index contributed by atoms with van der Waals surface area (Å²) in [5.41, 5.74) is 6.92. The Morgan fingerprint density at radius 1 is 1.07 bits per heavy atom. The number of carboxylic acid groups (broad SMARTS) is 1. The van der Waals surface area contributed by atoms with Crippen molar-refractivity contribution >= 4 is 17.9 Å². The third kappa shape index (κ3) is 5.35. The highest BCUT2D eigenvalue weighted by molar-refractivity contribution is 5.88. The topological polar surface area (TPSA) is 80.2 Å². The Labute approximate surface area is 169 Å². The van der Waals surface area contributed by atoms with E-state index in [1.54, 1.807) is 25.5 Å². The SMILES string of the molecule is COc1cc(C=NNc2ccc(C(=O)O)cc2)ccc1OCc1ccccc1C. The molecule has 0 aliphatic heterocycles. The fourth-order valence-electron chi connectivity index (χ4n) is 2.68. The summed E-state index contributed by atoms with van der Waals surface area (Å²) in [6, 6.07) is 20.0. The van der Waals surface area contributed by atoms with Gasteiger partial charge in [-0.05, 0) is 66.1 Å². The Morgan fingerprint density at radius 2 is 1.83 bits per heavy atom. The van der Waals surface area contributed by atoms with Gasteiger partial charge in [0.05, 0.1) is 24.6 Å². The first-order chi connectivity index (χ1) is 14.1. The minimum absolute atomic E-state index is 0.227. The average molecular weight is 390 g/mol. The molecule has 0 aliphatic carbocycles. The smallest absolute Gasteiger partial charge is 0.335 e. The summed E-state index contributed by atoms with van der Waals surface area (Å²) in [6.07, 6.45) is 1.65. The number of benzene rings is 3. The van der Waals surface area contributed by atoms with Crippen molar-refractivity contribution in [2.24, 2.45) is 5.10 Å². The lowest BCUT2D eigenvalue weighted by Gasteiger charge is -2.12. The number of rotatable bonds is 8. The first-order valence-corrected chi connectivity index (χ1v) is 9.04. The zero-order chi connectivity index (χ0) is 20.6. The summed E-state index contributed by atoms with van der Waals surface area (Å²) < 4.78 is 11.4. The van der Waals surface area contributed by atoms with Gasteiger partial charge >= 0.3 is 5.97 Å². The van der Waals surface area contributed by atoms with Crippen LogP contribution >= 0.6 is 0 Å². The molecule has 0 amide bonds. The van der Waals surface area contributed by atoms with Crippen LogP contribution in [0, 0.1) is 6.92 Å². The van der Waals surface area contributed by atoms with E-state index in [1.807, 2.05) is 36.4 Å². The van der Waals surface area contributed by atoms with Crippen LogP contribution in [0.1, 0.15) is 27.0 Å². The number of hydrogen-bond acceptors (Lipinski definition) is 5. The van der Waals surface area contributed by atoms with Gasteiger partial charge in [0.2, 0.25) is 0 Å². The molecule has 0 fully saturated rings. The van der Waals surface area contributed by atoms with Crippen LogP contribution in [0.2, 0.25) is 0 Å². The molecule has 0 aliphatic rings. The lowest BCUT2D eigenvalue weighted by Crippen LogP contribution is -2.00. The molecule has 3 aromatic rings. The number of carbonyl (C=O) groups is 1. The number of nitrogens with one attached hydrogen (secondary N) is 1. The van der Waals surface area contributed by atoms with Gasteiger partial charge in [0.15, 0.2) is 11.5 Å². The van der Waals surface area contributed by atoms with Crippen LogP contribution in [0.15, 0.2) is 71.8 Å². The first-order valence-electron chi connectivity index (χ1n) is 9.04. The third-order valence-electron chi connectivity index (χ3n) is 4.37. The number of carboxylic acids is 1. The molecule has 0 saturated heterocycles. The standard InChI is InChI=1S/C23H22N2O4/c1-16-5-3-4-6-19(16)15-29-21-12-7-17(13-22(21)28-2)14-24-25-20-10-8-18(9-11-20)23(26)27/h3-14,25H,15H2,1-2H3,(H,26,27). The van der Waals surface area contributed by atoms with Crippen LogP contribution in [0.3, 0.4) is 0 Å². The Bertz CT molecular complexity index is 1010. The van der Waals surface area contributed by atoms with Crippen LogP contribution in [-0.2, 0) is 6.61 Å². The number of hydrogen-bond donors (Lipinski definition) is 2. The van der Waals surface area contributed by atoms with Crippen molar-refractivity contribution in [3.8, 4) is 11.5 Å². The summed E-state index contributed by atoms with van der Waals surface area (Å²) in [4.78, 5) is 10.9. The minimum Gasteiger partial charge on any atom is -0.493 e. The highest BCUT2D eigenvalue weighted by Crippen LogP contribution is 2.28. The maximum Gasteiger partial charge on any atom is 0.335 e. The van der Waals surface area contributed by atoms with E-state index in [1.165, 1.54) is 17.7 Å². The van der Waals surface area contributed by atoms with Gasteiger partial charge in [-0.1, -0.05) is 24.3 Å².